The minimum Gasteiger partial charge on any atom is -0.214 e. The summed E-state index contributed by atoms with van der Waals surface area (Å²) in [6.07, 6.45) is 0. The van der Waals surface area contributed by atoms with Crippen molar-refractivity contribution in [2.45, 2.75) is 0 Å². The van der Waals surface area contributed by atoms with E-state index in [4.69, 9.17) is 0 Å². The van der Waals surface area contributed by atoms with Gasteiger partial charge in [-0.3, -0.25) is 0 Å². The molecule has 0 saturated heterocycles. The predicted molar refractivity (Wildman–Crippen MR) is 58.1 cm³/mol. The van der Waals surface area contributed by atoms with E-state index >= 15 is 0 Å². The second-order valence-electron chi connectivity index (χ2n) is 1.92. The molecule has 2 aromatic rings. The first-order valence-electron chi connectivity index (χ1n) is 3.46. The summed E-state index contributed by atoms with van der Waals surface area (Å²) in [5.41, 5.74) is 0. The van der Waals surface area contributed by atoms with Crippen molar-refractivity contribution in [2.24, 2.45) is 0 Å². The number of rotatable bonds is 0. The summed E-state index contributed by atoms with van der Waals surface area (Å²) in [5, 5.41) is 0. The number of hydrogen-bond acceptors (Lipinski definition) is 0. The summed E-state index contributed by atoms with van der Waals surface area (Å²) in [4.78, 5) is 0. The largest absolute Gasteiger partial charge is 0.214 e. The van der Waals surface area contributed by atoms with Gasteiger partial charge in [-0.25, -0.2) is 24.3 Å². The van der Waals surface area contributed by atoms with Gasteiger partial charge in [0.25, 0.3) is 0 Å². The van der Waals surface area contributed by atoms with Crippen molar-refractivity contribution >= 4 is 20.4 Å². The molecule has 0 aromatic heterocycles. The molecule has 0 heterocycles. The molecular formula is C10H10CoI. The minimum atomic E-state index is 1.84. The Bertz CT molecular complexity index is 149. The SMILES string of the molecule is [Co+2][I].c1cc[cH-]c1.c1cc[cH-]c1. The summed E-state index contributed by atoms with van der Waals surface area (Å²) in [6, 6.07) is 20.0. The van der Waals surface area contributed by atoms with Gasteiger partial charge in [-0.2, -0.15) is 36.4 Å². The first-order chi connectivity index (χ1) is 6.00. The zero-order valence-electron chi connectivity index (χ0n) is 6.48. The quantitative estimate of drug-likeness (QED) is 0.514. The Morgan fingerprint density at radius 1 is 0.667 bits per heavy atom. The Hall–Kier alpha value is -0.0635. The molecule has 2 aromatic carbocycles. The zero-order chi connectivity index (χ0) is 9.07. The molecule has 2 rings (SSSR count). The molecule has 0 aliphatic carbocycles. The third-order valence-corrected chi connectivity index (χ3v) is 1.11. The molecule has 0 aliphatic rings. The summed E-state index contributed by atoms with van der Waals surface area (Å²) in [5.74, 6) is 0. The molecule has 0 N–H and O–H groups in total. The fraction of sp³-hybridized carbons (Fsp3) is 0. The Labute approximate surface area is 93.1 Å². The third kappa shape index (κ3) is 8.04. The zero-order valence-corrected chi connectivity index (χ0v) is 9.68. The van der Waals surface area contributed by atoms with Crippen molar-refractivity contribution in [1.29, 1.82) is 0 Å². The van der Waals surface area contributed by atoms with Crippen LogP contribution in [0.25, 0.3) is 0 Å². The molecule has 0 amide bonds. The first-order valence-corrected chi connectivity index (χ1v) is 6.82. The van der Waals surface area contributed by atoms with Crippen LogP contribution in [-0.4, -0.2) is 0 Å². The van der Waals surface area contributed by atoms with Crippen LogP contribution < -0.4 is 0 Å². The molecule has 0 unspecified atom stereocenters. The van der Waals surface area contributed by atoms with Gasteiger partial charge in [0.15, 0.2) is 0 Å². The van der Waals surface area contributed by atoms with Crippen LogP contribution in [0.5, 0.6) is 0 Å². The van der Waals surface area contributed by atoms with E-state index in [2.05, 4.69) is 12.5 Å². The minimum absolute atomic E-state index is 1.84. The normalized spacial score (nSPS) is 7.17. The van der Waals surface area contributed by atoms with Crippen LogP contribution in [0, 0.1) is 0 Å². The van der Waals surface area contributed by atoms with E-state index in [0.717, 1.165) is 0 Å². The van der Waals surface area contributed by atoms with Crippen LogP contribution in [0.3, 0.4) is 0 Å². The van der Waals surface area contributed by atoms with Crippen LogP contribution in [-0.2, 0) is 12.5 Å². The Balaban J connectivity index is 0.000000168. The van der Waals surface area contributed by atoms with E-state index in [1.165, 1.54) is 0 Å². The molecule has 0 aliphatic heterocycles. The van der Waals surface area contributed by atoms with E-state index in [1.54, 1.807) is 0 Å². The van der Waals surface area contributed by atoms with Crippen molar-refractivity contribution in [3.8, 4) is 0 Å². The molecular weight excluding hydrogens is 306 g/mol. The van der Waals surface area contributed by atoms with E-state index in [0.29, 0.717) is 0 Å². The fourth-order valence-corrected chi connectivity index (χ4v) is 0.642. The van der Waals surface area contributed by atoms with Crippen molar-refractivity contribution in [3.63, 3.8) is 0 Å². The number of hydrogen-bond donors (Lipinski definition) is 0. The molecule has 0 radical (unpaired) electrons. The van der Waals surface area contributed by atoms with Gasteiger partial charge < -0.3 is 0 Å². The van der Waals surface area contributed by atoms with Gasteiger partial charge in [-0.1, -0.05) is 0 Å². The maximum Gasteiger partial charge on any atom is -0.172 e. The van der Waals surface area contributed by atoms with E-state index in [1.807, 2.05) is 81.1 Å². The second kappa shape index (κ2) is 10.9. The smallest absolute Gasteiger partial charge is 0.172 e. The van der Waals surface area contributed by atoms with Gasteiger partial charge in [0.05, 0.1) is 0 Å². The molecule has 66 valence electrons. The van der Waals surface area contributed by atoms with Crippen LogP contribution in [0.4, 0.5) is 0 Å². The van der Waals surface area contributed by atoms with Crippen LogP contribution in [0.1, 0.15) is 0 Å². The maximum absolute atomic E-state index is 3.53. The van der Waals surface area contributed by atoms with E-state index in [-0.39, 0.29) is 0 Å². The molecule has 0 saturated carbocycles. The molecule has 12 heavy (non-hydrogen) atoms. The average molecular weight is 316 g/mol. The Kier molecular flexibility index (Phi) is 10.9. The maximum atomic E-state index is 3.53. The standard InChI is InChI=1S/2C5H5.Co.HI/c2*1-2-4-5-3-1;;/h2*1-5H;;1H/q2*-1;+3;/p-1. The predicted octanol–water partition coefficient (Wildman–Crippen LogP) is 3.69. The van der Waals surface area contributed by atoms with Crippen molar-refractivity contribution in [1.82, 2.24) is 0 Å². The van der Waals surface area contributed by atoms with Gasteiger partial charge >= 0.3 is 32.9 Å². The van der Waals surface area contributed by atoms with Crippen molar-refractivity contribution in [3.05, 3.63) is 60.7 Å². The van der Waals surface area contributed by atoms with Crippen molar-refractivity contribution in [2.75, 3.05) is 0 Å². The van der Waals surface area contributed by atoms with E-state index < -0.39 is 0 Å². The summed E-state index contributed by atoms with van der Waals surface area (Å²) >= 11 is 5.37. The molecule has 0 fully saturated rings. The first kappa shape index (κ1) is 11.9. The van der Waals surface area contributed by atoms with Crippen LogP contribution in [0.2, 0.25) is 0 Å². The fourth-order valence-electron chi connectivity index (χ4n) is 0.642. The van der Waals surface area contributed by atoms with Gasteiger partial charge in [-0.15, -0.1) is 0 Å². The molecule has 0 atom stereocenters. The molecule has 0 bridgehead atoms. The van der Waals surface area contributed by atoms with Crippen LogP contribution in [0.15, 0.2) is 60.7 Å². The third-order valence-electron chi connectivity index (χ3n) is 1.11. The van der Waals surface area contributed by atoms with Gasteiger partial charge in [0.1, 0.15) is 0 Å². The van der Waals surface area contributed by atoms with E-state index in [9.17, 15) is 0 Å². The van der Waals surface area contributed by atoms with Gasteiger partial charge in [0, 0.05) is 0 Å². The Morgan fingerprint density at radius 2 is 0.917 bits per heavy atom. The van der Waals surface area contributed by atoms with Crippen LogP contribution >= 0.6 is 20.4 Å². The molecule has 2 heteroatoms. The average Bonchev–Trinajstić information content (AvgIpc) is 2.87. The summed E-state index contributed by atoms with van der Waals surface area (Å²) < 4.78 is 0. The Morgan fingerprint density at radius 3 is 1.00 bits per heavy atom. The van der Waals surface area contributed by atoms with Crippen molar-refractivity contribution < 1.29 is 12.5 Å². The molecule has 0 spiro atoms. The topological polar surface area (TPSA) is 0 Å². The van der Waals surface area contributed by atoms with Gasteiger partial charge in [-0.05, 0) is 0 Å². The summed E-state index contributed by atoms with van der Waals surface area (Å²) in [7, 11) is 0. The molecule has 0 nitrogen and oxygen atoms in total. The monoisotopic (exact) mass is 316 g/mol. The summed E-state index contributed by atoms with van der Waals surface area (Å²) in [6.45, 7) is 0. The number of halogens is 1. The van der Waals surface area contributed by atoms with Gasteiger partial charge in [0.2, 0.25) is 0 Å². The second-order valence-corrected chi connectivity index (χ2v) is 1.92.